The van der Waals surface area contributed by atoms with Gasteiger partial charge in [0.15, 0.2) is 0 Å². The molecule has 23 heavy (non-hydrogen) atoms. The molecule has 1 aliphatic heterocycles. The smallest absolute Gasteiger partial charge is 0.375 e. The van der Waals surface area contributed by atoms with Crippen LogP contribution >= 0.6 is 0 Å². The summed E-state index contributed by atoms with van der Waals surface area (Å²) in [5.41, 5.74) is 0. The van der Waals surface area contributed by atoms with Gasteiger partial charge in [-0.3, -0.25) is 0 Å². The van der Waals surface area contributed by atoms with Gasteiger partial charge in [-0.05, 0) is 31.2 Å². The van der Waals surface area contributed by atoms with Gasteiger partial charge in [-0.1, -0.05) is 18.2 Å². The van der Waals surface area contributed by atoms with E-state index >= 15 is 0 Å². The zero-order valence-corrected chi connectivity index (χ0v) is 12.6. The molecule has 2 aromatic rings. The van der Waals surface area contributed by atoms with Crippen molar-refractivity contribution in [3.05, 3.63) is 54.0 Å². The minimum absolute atomic E-state index is 0.0315. The molecule has 0 spiro atoms. The molecule has 0 unspecified atom stereocenters. The van der Waals surface area contributed by atoms with E-state index in [0.717, 1.165) is 0 Å². The van der Waals surface area contributed by atoms with Gasteiger partial charge in [0.1, 0.15) is 24.2 Å². The van der Waals surface area contributed by atoms with E-state index < -0.39 is 18.0 Å². The van der Waals surface area contributed by atoms with Crippen molar-refractivity contribution in [3.8, 4) is 5.75 Å². The lowest BCUT2D eigenvalue weighted by Gasteiger charge is -2.06. The summed E-state index contributed by atoms with van der Waals surface area (Å²) < 4.78 is 21.0. The minimum Gasteiger partial charge on any atom is -0.486 e. The van der Waals surface area contributed by atoms with E-state index in [4.69, 9.17) is 18.6 Å². The van der Waals surface area contributed by atoms with Crippen LogP contribution in [0.4, 0.5) is 0 Å². The van der Waals surface area contributed by atoms with Crippen LogP contribution < -0.4 is 4.74 Å². The number of rotatable bonds is 5. The van der Waals surface area contributed by atoms with E-state index in [0.29, 0.717) is 17.9 Å². The minimum atomic E-state index is -0.869. The van der Waals surface area contributed by atoms with E-state index in [1.165, 1.54) is 6.07 Å². The van der Waals surface area contributed by atoms with Crippen molar-refractivity contribution in [2.45, 2.75) is 32.2 Å². The molecular weight excluding hydrogens is 300 g/mol. The summed E-state index contributed by atoms with van der Waals surface area (Å²) in [5.74, 6) is 0.0138. The van der Waals surface area contributed by atoms with Crippen LogP contribution in [0.2, 0.25) is 0 Å². The lowest BCUT2D eigenvalue weighted by atomic mass is 10.2. The summed E-state index contributed by atoms with van der Waals surface area (Å²) in [7, 11) is 0. The van der Waals surface area contributed by atoms with Gasteiger partial charge in [-0.15, -0.1) is 0 Å². The summed E-state index contributed by atoms with van der Waals surface area (Å²) in [4.78, 5) is 23.4. The first-order chi connectivity index (χ1) is 11.1. The molecule has 2 atom stereocenters. The standard InChI is InChI=1S/C17H16O6/c1-11-9-15(17(19)21-11)23-16(18)14-8-7-13(22-14)10-20-12-5-3-2-4-6-12/h2-8,11,15H,9-10H2,1H3/t11-,15+/m1/s1. The van der Waals surface area contributed by atoms with Crippen molar-refractivity contribution in [1.29, 1.82) is 0 Å². The molecule has 0 amide bonds. The summed E-state index contributed by atoms with van der Waals surface area (Å²) in [6.07, 6.45) is -0.756. The van der Waals surface area contributed by atoms with Gasteiger partial charge in [-0.2, -0.15) is 0 Å². The topological polar surface area (TPSA) is 75.0 Å². The Hall–Kier alpha value is -2.76. The molecular formula is C17H16O6. The average Bonchev–Trinajstić information content (AvgIpc) is 3.13. The zero-order chi connectivity index (χ0) is 16.2. The number of furan rings is 1. The summed E-state index contributed by atoms with van der Waals surface area (Å²) in [5, 5.41) is 0. The number of cyclic esters (lactones) is 1. The Morgan fingerprint density at radius 3 is 2.70 bits per heavy atom. The SMILES string of the molecule is C[C@@H]1C[C@H](OC(=O)c2ccc(COc3ccccc3)o2)C(=O)O1. The van der Waals surface area contributed by atoms with Crippen LogP contribution in [0.3, 0.4) is 0 Å². The third-order valence-corrected chi connectivity index (χ3v) is 3.36. The van der Waals surface area contributed by atoms with Crippen molar-refractivity contribution in [2.75, 3.05) is 0 Å². The van der Waals surface area contributed by atoms with Crippen molar-refractivity contribution < 1.29 is 28.2 Å². The zero-order valence-electron chi connectivity index (χ0n) is 12.6. The van der Waals surface area contributed by atoms with Gasteiger partial charge in [0.2, 0.25) is 11.9 Å². The molecule has 120 valence electrons. The lowest BCUT2D eigenvalue weighted by Crippen LogP contribution is -2.22. The fourth-order valence-corrected chi connectivity index (χ4v) is 2.24. The molecule has 6 heteroatoms. The van der Waals surface area contributed by atoms with Crippen molar-refractivity contribution in [1.82, 2.24) is 0 Å². The number of hydrogen-bond acceptors (Lipinski definition) is 6. The molecule has 0 N–H and O–H groups in total. The van der Waals surface area contributed by atoms with Crippen LogP contribution in [-0.2, 0) is 20.9 Å². The van der Waals surface area contributed by atoms with Crippen LogP contribution in [0, 0.1) is 0 Å². The van der Waals surface area contributed by atoms with E-state index in [-0.39, 0.29) is 18.5 Å². The van der Waals surface area contributed by atoms with E-state index in [1.807, 2.05) is 30.3 Å². The Bertz CT molecular complexity index is 690. The van der Waals surface area contributed by atoms with Crippen molar-refractivity contribution in [3.63, 3.8) is 0 Å². The molecule has 0 bridgehead atoms. The maximum Gasteiger partial charge on any atom is 0.375 e. The third kappa shape index (κ3) is 3.71. The quantitative estimate of drug-likeness (QED) is 0.790. The molecule has 1 saturated heterocycles. The number of benzene rings is 1. The molecule has 1 aromatic heterocycles. The van der Waals surface area contributed by atoms with E-state index in [2.05, 4.69) is 0 Å². The Morgan fingerprint density at radius 2 is 2.00 bits per heavy atom. The third-order valence-electron chi connectivity index (χ3n) is 3.36. The maximum atomic E-state index is 12.0. The summed E-state index contributed by atoms with van der Waals surface area (Å²) >= 11 is 0. The predicted octanol–water partition coefficient (Wildman–Crippen LogP) is 2.72. The molecule has 6 nitrogen and oxygen atoms in total. The molecule has 0 aliphatic carbocycles. The first-order valence-electron chi connectivity index (χ1n) is 7.30. The van der Waals surface area contributed by atoms with E-state index in [1.54, 1.807) is 13.0 Å². The lowest BCUT2D eigenvalue weighted by molar-refractivity contribution is -0.147. The largest absolute Gasteiger partial charge is 0.486 e. The average molecular weight is 316 g/mol. The molecule has 3 rings (SSSR count). The molecule has 2 heterocycles. The Morgan fingerprint density at radius 1 is 1.22 bits per heavy atom. The highest BCUT2D eigenvalue weighted by Gasteiger charge is 2.35. The fraction of sp³-hybridized carbons (Fsp3) is 0.294. The highest BCUT2D eigenvalue weighted by atomic mass is 16.6. The molecule has 1 aromatic carbocycles. The summed E-state index contributed by atoms with van der Waals surface area (Å²) in [6.45, 7) is 1.94. The second-order valence-electron chi connectivity index (χ2n) is 5.24. The number of carbonyl (C=O) groups is 2. The Balaban J connectivity index is 1.56. The molecule has 0 saturated carbocycles. The molecule has 1 fully saturated rings. The van der Waals surface area contributed by atoms with Crippen molar-refractivity contribution >= 4 is 11.9 Å². The predicted molar refractivity (Wildman–Crippen MR) is 78.9 cm³/mol. The normalized spacial score (nSPS) is 20.1. The maximum absolute atomic E-state index is 12.0. The van der Waals surface area contributed by atoms with Crippen molar-refractivity contribution in [2.24, 2.45) is 0 Å². The number of para-hydroxylation sites is 1. The first-order valence-corrected chi connectivity index (χ1v) is 7.30. The highest BCUT2D eigenvalue weighted by Crippen LogP contribution is 2.20. The second kappa shape index (κ2) is 6.56. The monoisotopic (exact) mass is 316 g/mol. The molecule has 0 radical (unpaired) electrons. The molecule has 1 aliphatic rings. The fourth-order valence-electron chi connectivity index (χ4n) is 2.24. The number of esters is 2. The van der Waals surface area contributed by atoms with Gasteiger partial charge in [0.05, 0.1) is 0 Å². The summed E-state index contributed by atoms with van der Waals surface area (Å²) in [6, 6.07) is 12.4. The highest BCUT2D eigenvalue weighted by molar-refractivity contribution is 5.89. The Kier molecular flexibility index (Phi) is 4.32. The second-order valence-corrected chi connectivity index (χ2v) is 5.24. The Labute approximate surface area is 132 Å². The van der Waals surface area contributed by atoms with Gasteiger partial charge in [0.25, 0.3) is 0 Å². The van der Waals surface area contributed by atoms with Gasteiger partial charge >= 0.3 is 11.9 Å². The van der Waals surface area contributed by atoms with Crippen LogP contribution in [0.25, 0.3) is 0 Å². The van der Waals surface area contributed by atoms with Gasteiger partial charge in [-0.25, -0.2) is 9.59 Å². The first kappa shape index (κ1) is 15.1. The van der Waals surface area contributed by atoms with Gasteiger partial charge < -0.3 is 18.6 Å². The van der Waals surface area contributed by atoms with E-state index in [9.17, 15) is 9.59 Å². The van der Waals surface area contributed by atoms with Gasteiger partial charge in [0, 0.05) is 6.42 Å². The van der Waals surface area contributed by atoms with Crippen LogP contribution in [0.15, 0.2) is 46.9 Å². The van der Waals surface area contributed by atoms with Crippen LogP contribution in [0.1, 0.15) is 29.7 Å². The van der Waals surface area contributed by atoms with Crippen LogP contribution in [0.5, 0.6) is 5.75 Å². The van der Waals surface area contributed by atoms with Crippen LogP contribution in [-0.4, -0.2) is 24.1 Å². The number of carbonyl (C=O) groups excluding carboxylic acids is 2. The number of ether oxygens (including phenoxy) is 3. The number of hydrogen-bond donors (Lipinski definition) is 0.